The van der Waals surface area contributed by atoms with Crippen molar-refractivity contribution in [2.45, 2.75) is 31.8 Å². The monoisotopic (exact) mass is 397 g/mol. The summed E-state index contributed by atoms with van der Waals surface area (Å²) in [5.74, 6) is -0.407. The Morgan fingerprint density at radius 3 is 2.83 bits per heavy atom. The number of nitrogens with zero attached hydrogens (tertiary/aromatic N) is 3. The number of aryl methyl sites for hydroxylation is 1. The molecule has 7 heteroatoms. The minimum atomic E-state index is -0.873. The lowest BCUT2D eigenvalue weighted by Gasteiger charge is -2.35. The van der Waals surface area contributed by atoms with E-state index in [9.17, 15) is 9.59 Å². The number of amides is 1. The molecule has 4 rings (SSSR count). The molecule has 1 unspecified atom stereocenters. The minimum Gasteiger partial charge on any atom is -0.480 e. The number of fused-ring (bicyclic) bond motifs is 1. The SMILES string of the molecule is Cc1ccc2nc(C3CC3)cc(C(=O)N3CCOC(CN(C)CC(=O)O)C3)c2c1. The molecule has 1 saturated carbocycles. The Morgan fingerprint density at radius 2 is 2.10 bits per heavy atom. The Balaban J connectivity index is 1.57. The van der Waals surface area contributed by atoms with Crippen molar-refractivity contribution in [1.82, 2.24) is 14.8 Å². The van der Waals surface area contributed by atoms with Gasteiger partial charge in [0.1, 0.15) is 0 Å². The van der Waals surface area contributed by atoms with Gasteiger partial charge in [-0.1, -0.05) is 11.6 Å². The Bertz CT molecular complexity index is 941. The summed E-state index contributed by atoms with van der Waals surface area (Å²) < 4.78 is 5.78. The van der Waals surface area contributed by atoms with E-state index in [1.165, 1.54) is 0 Å². The zero-order chi connectivity index (χ0) is 20.5. The second kappa shape index (κ2) is 8.08. The van der Waals surface area contributed by atoms with Gasteiger partial charge in [0.25, 0.3) is 5.91 Å². The van der Waals surface area contributed by atoms with Gasteiger partial charge in [0, 0.05) is 36.6 Å². The number of carboxylic acids is 1. The average Bonchev–Trinajstić information content (AvgIpc) is 3.51. The maximum atomic E-state index is 13.5. The number of carbonyl (C=O) groups is 2. The largest absolute Gasteiger partial charge is 0.480 e. The molecule has 2 heterocycles. The van der Waals surface area contributed by atoms with E-state index >= 15 is 0 Å². The first-order valence-corrected chi connectivity index (χ1v) is 10.1. The molecule has 0 radical (unpaired) electrons. The molecule has 0 bridgehead atoms. The summed E-state index contributed by atoms with van der Waals surface area (Å²) >= 11 is 0. The van der Waals surface area contributed by atoms with Crippen LogP contribution in [0.4, 0.5) is 0 Å². The van der Waals surface area contributed by atoms with Gasteiger partial charge in [0.05, 0.1) is 30.3 Å². The molecule has 1 N–H and O–H groups in total. The van der Waals surface area contributed by atoms with E-state index in [1.807, 2.05) is 36.1 Å². The predicted molar refractivity (Wildman–Crippen MR) is 109 cm³/mol. The van der Waals surface area contributed by atoms with Gasteiger partial charge in [0.15, 0.2) is 0 Å². The lowest BCUT2D eigenvalue weighted by atomic mass is 10.0. The van der Waals surface area contributed by atoms with E-state index in [2.05, 4.69) is 0 Å². The van der Waals surface area contributed by atoms with Gasteiger partial charge in [-0.2, -0.15) is 0 Å². The molecule has 29 heavy (non-hydrogen) atoms. The molecule has 1 aromatic heterocycles. The molecule has 7 nitrogen and oxygen atoms in total. The van der Waals surface area contributed by atoms with Crippen LogP contribution in [0.25, 0.3) is 10.9 Å². The van der Waals surface area contributed by atoms with Crippen LogP contribution in [-0.2, 0) is 9.53 Å². The van der Waals surface area contributed by atoms with Crippen LogP contribution in [0.1, 0.15) is 40.4 Å². The smallest absolute Gasteiger partial charge is 0.317 e. The molecule has 154 valence electrons. The number of hydrogen-bond acceptors (Lipinski definition) is 5. The third-order valence-electron chi connectivity index (χ3n) is 5.56. The van der Waals surface area contributed by atoms with Crippen LogP contribution in [0.5, 0.6) is 0 Å². The summed E-state index contributed by atoms with van der Waals surface area (Å²) in [6, 6.07) is 8.03. The minimum absolute atomic E-state index is 0.000845. The van der Waals surface area contributed by atoms with Crippen molar-refractivity contribution < 1.29 is 19.4 Å². The number of carbonyl (C=O) groups excluding carboxylic acids is 1. The zero-order valence-electron chi connectivity index (χ0n) is 16.9. The highest BCUT2D eigenvalue weighted by molar-refractivity contribution is 6.06. The fraction of sp³-hybridized carbons (Fsp3) is 0.500. The van der Waals surface area contributed by atoms with Crippen molar-refractivity contribution in [2.75, 3.05) is 39.8 Å². The van der Waals surface area contributed by atoms with Crippen LogP contribution >= 0.6 is 0 Å². The summed E-state index contributed by atoms with van der Waals surface area (Å²) in [6.45, 7) is 3.89. The van der Waals surface area contributed by atoms with Crippen LogP contribution in [0.3, 0.4) is 0 Å². The molecule has 1 saturated heterocycles. The first kappa shape index (κ1) is 19.8. The van der Waals surface area contributed by atoms with Crippen molar-refractivity contribution in [2.24, 2.45) is 0 Å². The summed E-state index contributed by atoms with van der Waals surface area (Å²) in [5.41, 5.74) is 3.69. The molecule has 1 aliphatic heterocycles. The van der Waals surface area contributed by atoms with Crippen LogP contribution in [0.15, 0.2) is 24.3 Å². The van der Waals surface area contributed by atoms with E-state index in [0.29, 0.717) is 37.7 Å². The highest BCUT2D eigenvalue weighted by Gasteiger charge is 2.30. The summed E-state index contributed by atoms with van der Waals surface area (Å²) in [7, 11) is 1.75. The number of ether oxygens (including phenoxy) is 1. The Hall–Kier alpha value is -2.51. The summed E-state index contributed by atoms with van der Waals surface area (Å²) in [5, 5.41) is 9.84. The van der Waals surface area contributed by atoms with Gasteiger partial charge in [-0.15, -0.1) is 0 Å². The van der Waals surface area contributed by atoms with Crippen molar-refractivity contribution in [1.29, 1.82) is 0 Å². The molecular weight excluding hydrogens is 370 g/mol. The van der Waals surface area contributed by atoms with Crippen LogP contribution in [0.2, 0.25) is 0 Å². The van der Waals surface area contributed by atoms with Gasteiger partial charge in [-0.25, -0.2) is 0 Å². The topological polar surface area (TPSA) is 83.0 Å². The highest BCUT2D eigenvalue weighted by atomic mass is 16.5. The van der Waals surface area contributed by atoms with E-state index in [0.717, 1.165) is 35.0 Å². The summed E-state index contributed by atoms with van der Waals surface area (Å²) in [4.78, 5) is 32.7. The van der Waals surface area contributed by atoms with Gasteiger partial charge < -0.3 is 14.7 Å². The van der Waals surface area contributed by atoms with Gasteiger partial charge >= 0.3 is 5.97 Å². The third-order valence-corrected chi connectivity index (χ3v) is 5.56. The number of morpholine rings is 1. The van der Waals surface area contributed by atoms with Gasteiger partial charge in [0.2, 0.25) is 0 Å². The van der Waals surface area contributed by atoms with E-state index < -0.39 is 5.97 Å². The number of carboxylic acid groups (broad SMARTS) is 1. The van der Waals surface area contributed by atoms with Crippen LogP contribution in [0, 0.1) is 6.92 Å². The lowest BCUT2D eigenvalue weighted by molar-refractivity contribution is -0.138. The predicted octanol–water partition coefficient (Wildman–Crippen LogP) is 2.28. The fourth-order valence-electron chi connectivity index (χ4n) is 3.95. The van der Waals surface area contributed by atoms with E-state index in [1.54, 1.807) is 11.9 Å². The van der Waals surface area contributed by atoms with Crippen LogP contribution < -0.4 is 0 Å². The highest BCUT2D eigenvalue weighted by Crippen LogP contribution is 2.40. The van der Waals surface area contributed by atoms with E-state index in [4.69, 9.17) is 14.8 Å². The zero-order valence-corrected chi connectivity index (χ0v) is 16.9. The number of pyridine rings is 1. The molecule has 1 aromatic carbocycles. The summed E-state index contributed by atoms with van der Waals surface area (Å²) in [6.07, 6.45) is 2.07. The van der Waals surface area contributed by atoms with Crippen molar-refractivity contribution in [3.05, 3.63) is 41.1 Å². The molecule has 1 aliphatic carbocycles. The van der Waals surface area contributed by atoms with Crippen molar-refractivity contribution in [3.8, 4) is 0 Å². The number of benzene rings is 1. The third kappa shape index (κ3) is 4.57. The number of aromatic nitrogens is 1. The van der Waals surface area contributed by atoms with Crippen molar-refractivity contribution >= 4 is 22.8 Å². The Kier molecular flexibility index (Phi) is 5.52. The molecule has 2 fully saturated rings. The standard InChI is InChI=1S/C22H27N3O4/c1-14-3-6-19-17(9-14)18(10-20(23-19)15-4-5-15)22(28)25-7-8-29-16(12-25)11-24(2)13-21(26)27/h3,6,9-10,15-16H,4-5,7-8,11-13H2,1-2H3,(H,26,27). The first-order valence-electron chi connectivity index (χ1n) is 10.1. The number of hydrogen-bond donors (Lipinski definition) is 1. The number of aliphatic carboxylic acids is 1. The molecule has 2 aromatic rings. The molecule has 0 spiro atoms. The van der Waals surface area contributed by atoms with E-state index in [-0.39, 0.29) is 18.6 Å². The van der Waals surface area contributed by atoms with Crippen molar-refractivity contribution in [3.63, 3.8) is 0 Å². The molecular formula is C22H27N3O4. The fourth-order valence-corrected chi connectivity index (χ4v) is 3.95. The maximum absolute atomic E-state index is 13.5. The average molecular weight is 397 g/mol. The second-order valence-corrected chi connectivity index (χ2v) is 8.22. The number of rotatable bonds is 6. The van der Waals surface area contributed by atoms with Gasteiger partial charge in [-0.05, 0) is 45.0 Å². The second-order valence-electron chi connectivity index (χ2n) is 8.22. The molecule has 2 aliphatic rings. The quantitative estimate of drug-likeness (QED) is 0.805. The van der Waals surface area contributed by atoms with Crippen LogP contribution in [-0.4, -0.2) is 77.7 Å². The normalized spacial score (nSPS) is 19.7. The van der Waals surface area contributed by atoms with Gasteiger partial charge in [-0.3, -0.25) is 19.5 Å². The number of likely N-dealkylation sites (N-methyl/N-ethyl adjacent to an activating group) is 1. The Labute approximate surface area is 170 Å². The molecule has 1 amide bonds. The first-order chi connectivity index (χ1) is 13.9. The maximum Gasteiger partial charge on any atom is 0.317 e. The molecule has 1 atom stereocenters. The Morgan fingerprint density at radius 1 is 1.31 bits per heavy atom. The lowest BCUT2D eigenvalue weighted by Crippen LogP contribution is -2.49.